The Morgan fingerprint density at radius 3 is 2.75 bits per heavy atom. The lowest BCUT2D eigenvalue weighted by molar-refractivity contribution is -0.116. The van der Waals surface area contributed by atoms with E-state index < -0.39 is 0 Å². The van der Waals surface area contributed by atoms with E-state index in [1.165, 1.54) is 12.1 Å². The molecule has 0 unspecified atom stereocenters. The SMILES string of the molecule is COCC[C@H](Nc1ccc2c(c1)CCC(=O)N2)c1ccc(F)cc1. The van der Waals surface area contributed by atoms with Crippen LogP contribution in [0, 0.1) is 5.82 Å². The fourth-order valence-electron chi connectivity index (χ4n) is 2.93. The van der Waals surface area contributed by atoms with Crippen LogP contribution in [0.25, 0.3) is 0 Å². The number of methoxy groups -OCH3 is 1. The van der Waals surface area contributed by atoms with Gasteiger partial charge in [-0.25, -0.2) is 4.39 Å². The quantitative estimate of drug-likeness (QED) is 0.845. The second-order valence-electron chi connectivity index (χ2n) is 5.95. The number of hydrogen-bond acceptors (Lipinski definition) is 3. The summed E-state index contributed by atoms with van der Waals surface area (Å²) in [6.45, 7) is 0.607. The summed E-state index contributed by atoms with van der Waals surface area (Å²) in [6.07, 6.45) is 2.04. The number of anilines is 2. The van der Waals surface area contributed by atoms with Crippen LogP contribution < -0.4 is 10.6 Å². The van der Waals surface area contributed by atoms with Gasteiger partial charge in [0.25, 0.3) is 0 Å². The van der Waals surface area contributed by atoms with Gasteiger partial charge in [-0.1, -0.05) is 12.1 Å². The Morgan fingerprint density at radius 2 is 2.00 bits per heavy atom. The minimum absolute atomic E-state index is 0.0294. The Bertz CT molecular complexity index is 716. The molecular weight excluding hydrogens is 307 g/mol. The van der Waals surface area contributed by atoms with Crippen LogP contribution in [-0.2, 0) is 16.0 Å². The highest BCUT2D eigenvalue weighted by Crippen LogP contribution is 2.29. The van der Waals surface area contributed by atoms with E-state index in [4.69, 9.17) is 4.74 Å². The monoisotopic (exact) mass is 328 g/mol. The van der Waals surface area contributed by atoms with Crippen LogP contribution in [0.5, 0.6) is 0 Å². The lowest BCUT2D eigenvalue weighted by Crippen LogP contribution is -2.19. The summed E-state index contributed by atoms with van der Waals surface area (Å²) in [5.74, 6) is -0.179. The first-order valence-electron chi connectivity index (χ1n) is 8.09. The van der Waals surface area contributed by atoms with Crippen molar-refractivity contribution in [2.24, 2.45) is 0 Å². The molecule has 1 amide bonds. The average Bonchev–Trinajstić information content (AvgIpc) is 2.59. The van der Waals surface area contributed by atoms with Crippen molar-refractivity contribution in [2.75, 3.05) is 24.4 Å². The van der Waals surface area contributed by atoms with E-state index in [9.17, 15) is 9.18 Å². The molecule has 24 heavy (non-hydrogen) atoms. The molecule has 1 aliphatic heterocycles. The van der Waals surface area contributed by atoms with Gasteiger partial charge >= 0.3 is 0 Å². The van der Waals surface area contributed by atoms with Gasteiger partial charge in [-0.15, -0.1) is 0 Å². The van der Waals surface area contributed by atoms with Gasteiger partial charge in [0.1, 0.15) is 5.82 Å². The summed E-state index contributed by atoms with van der Waals surface area (Å²) in [4.78, 5) is 11.4. The summed E-state index contributed by atoms with van der Waals surface area (Å²) >= 11 is 0. The lowest BCUT2D eigenvalue weighted by atomic mass is 10.0. The molecule has 4 nitrogen and oxygen atoms in total. The van der Waals surface area contributed by atoms with Gasteiger partial charge in [0.15, 0.2) is 0 Å². The molecule has 1 heterocycles. The molecule has 2 aromatic carbocycles. The molecule has 0 bridgehead atoms. The van der Waals surface area contributed by atoms with Crippen LogP contribution in [0.1, 0.15) is 30.0 Å². The lowest BCUT2D eigenvalue weighted by Gasteiger charge is -2.23. The molecule has 0 radical (unpaired) electrons. The number of rotatable bonds is 6. The number of halogens is 1. The van der Waals surface area contributed by atoms with E-state index in [0.717, 1.165) is 35.3 Å². The number of fused-ring (bicyclic) bond motifs is 1. The standard InChI is InChI=1S/C19H21FN2O2/c1-24-11-10-18(13-2-5-15(20)6-3-13)21-16-7-8-17-14(12-16)4-9-19(23)22-17/h2-3,5-8,12,18,21H,4,9-11H2,1H3,(H,22,23)/t18-/m0/s1. The largest absolute Gasteiger partial charge is 0.385 e. The molecule has 0 aliphatic carbocycles. The van der Waals surface area contributed by atoms with Gasteiger partial charge in [0, 0.05) is 31.5 Å². The molecule has 1 aliphatic rings. The van der Waals surface area contributed by atoms with Crippen molar-refractivity contribution >= 4 is 17.3 Å². The van der Waals surface area contributed by atoms with Gasteiger partial charge in [-0.2, -0.15) is 0 Å². The Hall–Kier alpha value is -2.40. The number of benzene rings is 2. The zero-order valence-electron chi connectivity index (χ0n) is 13.6. The van der Waals surface area contributed by atoms with Crippen LogP contribution in [0.3, 0.4) is 0 Å². The molecular formula is C19H21FN2O2. The second-order valence-corrected chi connectivity index (χ2v) is 5.95. The van der Waals surface area contributed by atoms with Crippen LogP contribution in [0.2, 0.25) is 0 Å². The summed E-state index contributed by atoms with van der Waals surface area (Å²) in [5.41, 5.74) is 4.01. The van der Waals surface area contributed by atoms with Crippen LogP contribution >= 0.6 is 0 Å². The first kappa shape index (κ1) is 16.5. The molecule has 0 saturated carbocycles. The summed E-state index contributed by atoms with van der Waals surface area (Å²) < 4.78 is 18.4. The fraction of sp³-hybridized carbons (Fsp3) is 0.316. The van der Waals surface area contributed by atoms with Crippen LogP contribution in [0.15, 0.2) is 42.5 Å². The van der Waals surface area contributed by atoms with E-state index in [-0.39, 0.29) is 17.8 Å². The molecule has 1 atom stereocenters. The van der Waals surface area contributed by atoms with Crippen LogP contribution in [-0.4, -0.2) is 19.6 Å². The van der Waals surface area contributed by atoms with Gasteiger partial charge in [0.05, 0.1) is 6.04 Å². The minimum atomic E-state index is -0.242. The normalized spacial score (nSPS) is 14.7. The molecule has 5 heteroatoms. The molecule has 0 fully saturated rings. The number of carbonyl (C=O) groups is 1. The van der Waals surface area contributed by atoms with E-state index in [1.807, 2.05) is 12.1 Å². The third-order valence-electron chi connectivity index (χ3n) is 4.22. The Balaban J connectivity index is 1.79. The third-order valence-corrected chi connectivity index (χ3v) is 4.22. The molecule has 0 aromatic heterocycles. The zero-order chi connectivity index (χ0) is 16.9. The minimum Gasteiger partial charge on any atom is -0.385 e. The number of ether oxygens (including phenoxy) is 1. The highest BCUT2D eigenvalue weighted by molar-refractivity contribution is 5.94. The number of nitrogens with one attached hydrogen (secondary N) is 2. The van der Waals surface area contributed by atoms with Gasteiger partial charge in [-0.3, -0.25) is 4.79 Å². The van der Waals surface area contributed by atoms with E-state index in [1.54, 1.807) is 19.2 Å². The predicted molar refractivity (Wildman–Crippen MR) is 92.6 cm³/mol. The fourth-order valence-corrected chi connectivity index (χ4v) is 2.93. The maximum absolute atomic E-state index is 13.2. The molecule has 126 valence electrons. The van der Waals surface area contributed by atoms with E-state index in [2.05, 4.69) is 16.7 Å². The highest BCUT2D eigenvalue weighted by Gasteiger charge is 2.16. The van der Waals surface area contributed by atoms with Gasteiger partial charge in [0.2, 0.25) is 5.91 Å². The summed E-state index contributed by atoms with van der Waals surface area (Å²) in [7, 11) is 1.67. The smallest absolute Gasteiger partial charge is 0.224 e. The van der Waals surface area contributed by atoms with Crippen molar-refractivity contribution in [1.29, 1.82) is 0 Å². The van der Waals surface area contributed by atoms with Crippen molar-refractivity contribution in [1.82, 2.24) is 0 Å². The summed E-state index contributed by atoms with van der Waals surface area (Å²) in [6, 6.07) is 12.5. The first-order chi connectivity index (χ1) is 11.7. The van der Waals surface area contributed by atoms with Crippen molar-refractivity contribution in [3.8, 4) is 0 Å². The number of carbonyl (C=O) groups excluding carboxylic acids is 1. The summed E-state index contributed by atoms with van der Waals surface area (Å²) in [5, 5.41) is 6.38. The number of aryl methyl sites for hydroxylation is 1. The van der Waals surface area contributed by atoms with E-state index in [0.29, 0.717) is 13.0 Å². The Morgan fingerprint density at radius 1 is 1.21 bits per heavy atom. The Labute approximate surface area is 141 Å². The highest BCUT2D eigenvalue weighted by atomic mass is 19.1. The average molecular weight is 328 g/mol. The van der Waals surface area contributed by atoms with Crippen molar-refractivity contribution in [2.45, 2.75) is 25.3 Å². The maximum Gasteiger partial charge on any atom is 0.224 e. The Kier molecular flexibility index (Phi) is 5.11. The van der Waals surface area contributed by atoms with Crippen LogP contribution in [0.4, 0.5) is 15.8 Å². The van der Waals surface area contributed by atoms with Crippen molar-refractivity contribution in [3.05, 3.63) is 59.4 Å². The molecule has 0 spiro atoms. The van der Waals surface area contributed by atoms with E-state index >= 15 is 0 Å². The molecule has 2 N–H and O–H groups in total. The topological polar surface area (TPSA) is 50.4 Å². The maximum atomic E-state index is 13.2. The first-order valence-corrected chi connectivity index (χ1v) is 8.09. The third kappa shape index (κ3) is 3.92. The number of hydrogen-bond donors (Lipinski definition) is 2. The number of amides is 1. The van der Waals surface area contributed by atoms with Gasteiger partial charge < -0.3 is 15.4 Å². The molecule has 3 rings (SSSR count). The zero-order valence-corrected chi connectivity index (χ0v) is 13.6. The molecule has 0 saturated heterocycles. The van der Waals surface area contributed by atoms with Crippen molar-refractivity contribution < 1.29 is 13.9 Å². The van der Waals surface area contributed by atoms with Gasteiger partial charge in [-0.05, 0) is 54.3 Å². The second kappa shape index (κ2) is 7.45. The molecule has 2 aromatic rings. The predicted octanol–water partition coefficient (Wildman–Crippen LogP) is 3.90. The van der Waals surface area contributed by atoms with Crippen molar-refractivity contribution in [3.63, 3.8) is 0 Å².